The van der Waals surface area contributed by atoms with E-state index < -0.39 is 0 Å². The number of nitrogens with zero attached hydrogens (tertiary/aromatic N) is 1. The van der Waals surface area contributed by atoms with Crippen LogP contribution < -0.4 is 10.7 Å². The molecule has 1 aromatic heterocycles. The molecule has 22 heavy (non-hydrogen) atoms. The smallest absolute Gasteiger partial charge is 0.287 e. The van der Waals surface area contributed by atoms with E-state index in [0.29, 0.717) is 17.5 Å². The molecular weight excluding hydrogens is 280 g/mol. The summed E-state index contributed by atoms with van der Waals surface area (Å²) < 4.78 is 5.58. The molecule has 1 fully saturated rings. The fourth-order valence-corrected chi connectivity index (χ4v) is 2.91. The van der Waals surface area contributed by atoms with Crippen LogP contribution in [0, 0.1) is 6.92 Å². The second-order valence-electron chi connectivity index (χ2n) is 5.73. The Bertz CT molecular complexity index is 745. The minimum atomic E-state index is -0.334. The highest BCUT2D eigenvalue weighted by Crippen LogP contribution is 2.15. The number of hydrogen-bond donors (Lipinski definition) is 1. The van der Waals surface area contributed by atoms with Gasteiger partial charge in [0.1, 0.15) is 5.58 Å². The average Bonchev–Trinajstić information content (AvgIpc) is 3.00. The van der Waals surface area contributed by atoms with Crippen LogP contribution in [0.5, 0.6) is 0 Å². The molecule has 2 aromatic rings. The first-order valence-electron chi connectivity index (χ1n) is 7.69. The lowest BCUT2D eigenvalue weighted by molar-refractivity contribution is 0.0922. The van der Waals surface area contributed by atoms with Crippen LogP contribution in [0.1, 0.15) is 29.0 Å². The second-order valence-corrected chi connectivity index (χ2v) is 5.73. The van der Waals surface area contributed by atoms with Crippen LogP contribution in [0.15, 0.2) is 33.5 Å². The third-order valence-electron chi connectivity index (χ3n) is 4.10. The van der Waals surface area contributed by atoms with Crippen LogP contribution in [-0.2, 0) is 0 Å². The summed E-state index contributed by atoms with van der Waals surface area (Å²) in [5.41, 5.74) is 1.13. The van der Waals surface area contributed by atoms with Gasteiger partial charge < -0.3 is 14.6 Å². The van der Waals surface area contributed by atoms with Gasteiger partial charge in [0.05, 0.1) is 5.39 Å². The fourth-order valence-electron chi connectivity index (χ4n) is 2.91. The summed E-state index contributed by atoms with van der Waals surface area (Å²) >= 11 is 0. The maximum Gasteiger partial charge on any atom is 0.287 e. The largest absolute Gasteiger partial charge is 0.451 e. The van der Waals surface area contributed by atoms with Crippen molar-refractivity contribution in [2.75, 3.05) is 26.2 Å². The van der Waals surface area contributed by atoms with Gasteiger partial charge in [-0.3, -0.25) is 9.59 Å². The van der Waals surface area contributed by atoms with Crippen LogP contribution in [0.25, 0.3) is 11.0 Å². The van der Waals surface area contributed by atoms with Crippen LogP contribution >= 0.6 is 0 Å². The summed E-state index contributed by atoms with van der Waals surface area (Å²) in [6, 6.07) is 6.66. The van der Waals surface area contributed by atoms with Crippen molar-refractivity contribution in [3.8, 4) is 0 Å². The van der Waals surface area contributed by atoms with Crippen LogP contribution in [-0.4, -0.2) is 37.0 Å². The van der Waals surface area contributed by atoms with E-state index in [1.54, 1.807) is 6.07 Å². The van der Waals surface area contributed by atoms with Crippen LogP contribution in [0.4, 0.5) is 0 Å². The Kier molecular flexibility index (Phi) is 4.24. The van der Waals surface area contributed by atoms with Gasteiger partial charge in [0.25, 0.3) is 5.91 Å². The lowest BCUT2D eigenvalue weighted by Crippen LogP contribution is -2.33. The number of rotatable bonds is 4. The number of nitrogens with one attached hydrogen (secondary N) is 1. The molecule has 3 rings (SSSR count). The zero-order chi connectivity index (χ0) is 15.5. The van der Waals surface area contributed by atoms with Gasteiger partial charge in [0.15, 0.2) is 11.2 Å². The van der Waals surface area contributed by atoms with Crippen LogP contribution in [0.3, 0.4) is 0 Å². The summed E-state index contributed by atoms with van der Waals surface area (Å²) in [5.74, 6) is -0.260. The molecule has 1 aromatic carbocycles. The van der Waals surface area contributed by atoms with Gasteiger partial charge in [0, 0.05) is 19.2 Å². The highest BCUT2D eigenvalue weighted by atomic mass is 16.3. The molecule has 0 aliphatic carbocycles. The minimum Gasteiger partial charge on any atom is -0.451 e. The molecule has 1 N–H and O–H groups in total. The van der Waals surface area contributed by atoms with E-state index in [2.05, 4.69) is 10.2 Å². The molecule has 5 nitrogen and oxygen atoms in total. The minimum absolute atomic E-state index is 0.0736. The van der Waals surface area contributed by atoms with Crippen molar-refractivity contribution < 1.29 is 9.21 Å². The third-order valence-corrected chi connectivity index (χ3v) is 4.10. The summed E-state index contributed by atoms with van der Waals surface area (Å²) in [6.45, 7) is 5.45. The summed E-state index contributed by atoms with van der Waals surface area (Å²) in [7, 11) is 0. The molecule has 1 aliphatic heterocycles. The zero-order valence-electron chi connectivity index (χ0n) is 12.7. The number of amides is 1. The third kappa shape index (κ3) is 3.04. The van der Waals surface area contributed by atoms with Gasteiger partial charge in [-0.1, -0.05) is 12.1 Å². The standard InChI is InChI=1S/C17H20N2O3/c1-12-5-4-6-14-16(12)13(20)11-15(22-14)17(21)18-7-10-19-8-2-3-9-19/h4-6,11H,2-3,7-10H2,1H3,(H,18,21). The molecule has 5 heteroatoms. The Morgan fingerprint density at radius 2 is 2.09 bits per heavy atom. The van der Waals surface area contributed by atoms with Gasteiger partial charge in [-0.2, -0.15) is 0 Å². The van der Waals surface area contributed by atoms with E-state index in [9.17, 15) is 9.59 Å². The van der Waals surface area contributed by atoms with E-state index >= 15 is 0 Å². The van der Waals surface area contributed by atoms with Crippen molar-refractivity contribution in [2.24, 2.45) is 0 Å². The maximum absolute atomic E-state index is 12.2. The Balaban J connectivity index is 1.72. The Morgan fingerprint density at radius 1 is 1.32 bits per heavy atom. The Labute approximate surface area is 128 Å². The van der Waals surface area contributed by atoms with E-state index in [1.807, 2.05) is 19.1 Å². The van der Waals surface area contributed by atoms with Crippen molar-refractivity contribution in [1.82, 2.24) is 10.2 Å². The molecule has 1 amide bonds. The number of hydrogen-bond acceptors (Lipinski definition) is 4. The highest BCUT2D eigenvalue weighted by Gasteiger charge is 2.14. The SMILES string of the molecule is Cc1cccc2oc(C(=O)NCCN3CCCC3)cc(=O)c12. The number of likely N-dealkylation sites (tertiary alicyclic amines) is 1. The zero-order valence-corrected chi connectivity index (χ0v) is 12.7. The normalized spacial score (nSPS) is 15.3. The van der Waals surface area contributed by atoms with E-state index in [0.717, 1.165) is 25.2 Å². The molecule has 1 aliphatic rings. The van der Waals surface area contributed by atoms with Crippen molar-refractivity contribution in [3.05, 3.63) is 45.8 Å². The number of benzene rings is 1. The van der Waals surface area contributed by atoms with Gasteiger partial charge in [0.2, 0.25) is 0 Å². The van der Waals surface area contributed by atoms with Gasteiger partial charge in [-0.25, -0.2) is 0 Å². The van der Waals surface area contributed by atoms with Crippen LogP contribution in [0.2, 0.25) is 0 Å². The predicted octanol–water partition coefficient (Wildman–Crippen LogP) is 1.93. The first-order valence-corrected chi connectivity index (χ1v) is 7.69. The van der Waals surface area contributed by atoms with Crippen molar-refractivity contribution in [3.63, 3.8) is 0 Å². The first kappa shape index (κ1) is 14.8. The quantitative estimate of drug-likeness (QED) is 0.937. The molecule has 0 saturated carbocycles. The van der Waals surface area contributed by atoms with Crippen molar-refractivity contribution >= 4 is 16.9 Å². The molecule has 0 bridgehead atoms. The highest BCUT2D eigenvalue weighted by molar-refractivity contribution is 5.93. The first-order chi connectivity index (χ1) is 10.6. The topological polar surface area (TPSA) is 62.6 Å². The van der Waals surface area contributed by atoms with Crippen molar-refractivity contribution in [2.45, 2.75) is 19.8 Å². The number of aryl methyl sites for hydroxylation is 1. The van der Waals surface area contributed by atoms with E-state index in [1.165, 1.54) is 18.9 Å². The van der Waals surface area contributed by atoms with Gasteiger partial charge >= 0.3 is 0 Å². The van der Waals surface area contributed by atoms with E-state index in [4.69, 9.17) is 4.42 Å². The van der Waals surface area contributed by atoms with Gasteiger partial charge in [-0.15, -0.1) is 0 Å². The summed E-state index contributed by atoms with van der Waals surface area (Å²) in [4.78, 5) is 26.6. The maximum atomic E-state index is 12.2. The molecular formula is C17H20N2O3. The summed E-state index contributed by atoms with van der Waals surface area (Å²) in [6.07, 6.45) is 2.46. The lowest BCUT2D eigenvalue weighted by Gasteiger charge is -2.14. The lowest BCUT2D eigenvalue weighted by atomic mass is 10.1. The number of fused-ring (bicyclic) bond motifs is 1. The second kappa shape index (κ2) is 6.32. The van der Waals surface area contributed by atoms with Gasteiger partial charge in [-0.05, 0) is 44.5 Å². The molecule has 116 valence electrons. The summed E-state index contributed by atoms with van der Waals surface area (Å²) in [5, 5.41) is 3.36. The van der Waals surface area contributed by atoms with Crippen molar-refractivity contribution in [1.29, 1.82) is 0 Å². The predicted molar refractivity (Wildman–Crippen MR) is 85.2 cm³/mol. The molecule has 1 saturated heterocycles. The average molecular weight is 300 g/mol. The monoisotopic (exact) mass is 300 g/mol. The molecule has 2 heterocycles. The molecule has 0 radical (unpaired) electrons. The molecule has 0 unspecified atom stereocenters. The number of carbonyl (C=O) groups is 1. The van der Waals surface area contributed by atoms with E-state index in [-0.39, 0.29) is 17.1 Å². The number of carbonyl (C=O) groups excluding carboxylic acids is 1. The molecule has 0 spiro atoms. The fraction of sp³-hybridized carbons (Fsp3) is 0.412. The Morgan fingerprint density at radius 3 is 2.86 bits per heavy atom. The molecule has 0 atom stereocenters. The Hall–Kier alpha value is -2.14.